The van der Waals surface area contributed by atoms with Crippen LogP contribution in [0.2, 0.25) is 5.02 Å². The van der Waals surface area contributed by atoms with E-state index in [1.165, 1.54) is 0 Å². The summed E-state index contributed by atoms with van der Waals surface area (Å²) in [6.07, 6.45) is 2.57. The number of benzene rings is 1. The van der Waals surface area contributed by atoms with Crippen LogP contribution in [0.15, 0.2) is 35.9 Å². The average Bonchev–Trinajstić information content (AvgIpc) is 2.30. The molecule has 84 valence electrons. The summed E-state index contributed by atoms with van der Waals surface area (Å²) < 4.78 is 5.22. The first-order valence-corrected chi connectivity index (χ1v) is 5.51. The van der Waals surface area contributed by atoms with E-state index in [-0.39, 0.29) is 5.97 Å². The van der Waals surface area contributed by atoms with Crippen molar-refractivity contribution in [1.82, 2.24) is 5.32 Å². The summed E-state index contributed by atoms with van der Waals surface area (Å²) in [6, 6.07) is 6.83. The van der Waals surface area contributed by atoms with Crippen LogP contribution >= 0.6 is 11.6 Å². The van der Waals surface area contributed by atoms with Crippen LogP contribution in [0.3, 0.4) is 0 Å². The van der Waals surface area contributed by atoms with E-state index in [0.717, 1.165) is 18.7 Å². The molecule has 0 saturated heterocycles. The van der Waals surface area contributed by atoms with Gasteiger partial charge in [-0.2, -0.15) is 0 Å². The monoisotopic (exact) mass is 237 g/mol. The van der Waals surface area contributed by atoms with Gasteiger partial charge in [-0.1, -0.05) is 23.7 Å². The minimum Gasteiger partial charge on any atom is -0.423 e. The number of carbonyl (C=O) groups is 1. The van der Waals surface area contributed by atoms with Crippen molar-refractivity contribution in [2.24, 2.45) is 0 Å². The molecule has 1 aliphatic rings. The van der Waals surface area contributed by atoms with E-state index in [4.69, 9.17) is 16.3 Å². The maximum absolute atomic E-state index is 11.7. The van der Waals surface area contributed by atoms with Gasteiger partial charge < -0.3 is 10.1 Å². The second-order valence-corrected chi connectivity index (χ2v) is 3.97. The Morgan fingerprint density at radius 2 is 2.31 bits per heavy atom. The van der Waals surface area contributed by atoms with Crippen molar-refractivity contribution in [2.45, 2.75) is 6.42 Å². The number of nitrogens with one attached hydrogen (secondary N) is 1. The third-order valence-electron chi connectivity index (χ3n) is 2.33. The first kappa shape index (κ1) is 11.2. The normalized spacial score (nSPS) is 15.4. The lowest BCUT2D eigenvalue weighted by Crippen LogP contribution is -2.25. The Kier molecular flexibility index (Phi) is 3.59. The first-order chi connectivity index (χ1) is 7.75. The molecule has 4 heteroatoms. The highest BCUT2D eigenvalue weighted by molar-refractivity contribution is 6.30. The molecule has 0 amide bonds. The molecule has 0 fully saturated rings. The molecule has 0 aliphatic carbocycles. The fourth-order valence-corrected chi connectivity index (χ4v) is 1.69. The van der Waals surface area contributed by atoms with Crippen molar-refractivity contribution in [1.29, 1.82) is 0 Å². The van der Waals surface area contributed by atoms with Gasteiger partial charge in [0.25, 0.3) is 0 Å². The van der Waals surface area contributed by atoms with E-state index in [2.05, 4.69) is 5.32 Å². The van der Waals surface area contributed by atoms with Gasteiger partial charge in [-0.3, -0.25) is 0 Å². The van der Waals surface area contributed by atoms with Crippen molar-refractivity contribution in [3.63, 3.8) is 0 Å². The number of hydrogen-bond donors (Lipinski definition) is 1. The molecule has 0 radical (unpaired) electrons. The van der Waals surface area contributed by atoms with Gasteiger partial charge >= 0.3 is 5.97 Å². The molecule has 0 unspecified atom stereocenters. The van der Waals surface area contributed by atoms with Crippen molar-refractivity contribution >= 4 is 17.6 Å². The zero-order valence-electron chi connectivity index (χ0n) is 8.70. The maximum atomic E-state index is 11.7. The summed E-state index contributed by atoms with van der Waals surface area (Å²) in [5, 5.41) is 3.70. The second kappa shape index (κ2) is 5.14. The minimum atomic E-state index is -0.288. The molecule has 0 saturated carbocycles. The zero-order chi connectivity index (χ0) is 11.4. The Morgan fingerprint density at radius 1 is 1.44 bits per heavy atom. The number of esters is 1. The number of carbonyl (C=O) groups excluding carboxylic acids is 1. The molecule has 0 atom stereocenters. The molecule has 3 nitrogen and oxygen atoms in total. The fraction of sp³-hybridized carbons (Fsp3) is 0.250. The van der Waals surface area contributed by atoms with E-state index in [1.807, 2.05) is 6.08 Å². The lowest BCUT2D eigenvalue weighted by atomic mass is 10.1. The topological polar surface area (TPSA) is 38.3 Å². The molecule has 0 bridgehead atoms. The van der Waals surface area contributed by atoms with Crippen LogP contribution in [0.4, 0.5) is 0 Å². The Labute approximate surface area is 99.1 Å². The highest BCUT2D eigenvalue weighted by Crippen LogP contribution is 2.18. The lowest BCUT2D eigenvalue weighted by molar-refractivity contribution is -0.130. The summed E-state index contributed by atoms with van der Waals surface area (Å²) in [4.78, 5) is 11.7. The smallest absolute Gasteiger partial charge is 0.339 e. The van der Waals surface area contributed by atoms with Gasteiger partial charge in [0.05, 0.1) is 0 Å². The standard InChI is InChI=1S/C12H12ClNO2/c13-10-2-1-3-11(8-10)16-12(15)9-4-6-14-7-5-9/h1-4,8,14H,5-7H2. The quantitative estimate of drug-likeness (QED) is 0.633. The van der Waals surface area contributed by atoms with Crippen molar-refractivity contribution in [3.8, 4) is 5.75 Å². The summed E-state index contributed by atoms with van der Waals surface area (Å²) in [5.74, 6) is 0.195. The van der Waals surface area contributed by atoms with Crippen LogP contribution in [0.1, 0.15) is 6.42 Å². The van der Waals surface area contributed by atoms with Crippen molar-refractivity contribution in [3.05, 3.63) is 40.9 Å². The zero-order valence-corrected chi connectivity index (χ0v) is 9.46. The Bertz CT molecular complexity index is 429. The largest absolute Gasteiger partial charge is 0.423 e. The number of hydrogen-bond acceptors (Lipinski definition) is 3. The van der Waals surface area contributed by atoms with Crippen molar-refractivity contribution in [2.75, 3.05) is 13.1 Å². The van der Waals surface area contributed by atoms with Gasteiger partial charge in [0, 0.05) is 17.1 Å². The molecule has 0 aromatic heterocycles. The highest BCUT2D eigenvalue weighted by Gasteiger charge is 2.14. The van der Waals surface area contributed by atoms with E-state index in [9.17, 15) is 4.79 Å². The SMILES string of the molecule is O=C(Oc1cccc(Cl)c1)C1=CCNCC1. The van der Waals surface area contributed by atoms with Gasteiger partial charge in [0.1, 0.15) is 5.75 Å². The Balaban J connectivity index is 2.04. The molecule has 1 N–H and O–H groups in total. The average molecular weight is 238 g/mol. The molecule has 2 rings (SSSR count). The molecule has 1 aliphatic heterocycles. The van der Waals surface area contributed by atoms with E-state index < -0.39 is 0 Å². The molecular weight excluding hydrogens is 226 g/mol. The van der Waals surface area contributed by atoms with Gasteiger partial charge in [-0.05, 0) is 31.2 Å². The van der Waals surface area contributed by atoms with Crippen LogP contribution in [0.25, 0.3) is 0 Å². The van der Waals surface area contributed by atoms with Gasteiger partial charge in [0.2, 0.25) is 0 Å². The number of halogens is 1. The fourth-order valence-electron chi connectivity index (χ4n) is 1.51. The predicted molar refractivity (Wildman–Crippen MR) is 62.7 cm³/mol. The Morgan fingerprint density at radius 3 is 3.00 bits per heavy atom. The molecule has 0 spiro atoms. The number of rotatable bonds is 2. The Hall–Kier alpha value is -1.32. The maximum Gasteiger partial charge on any atom is 0.339 e. The van der Waals surface area contributed by atoms with E-state index in [1.54, 1.807) is 24.3 Å². The molecule has 1 heterocycles. The summed E-state index contributed by atoms with van der Waals surface area (Å²) in [7, 11) is 0. The van der Waals surface area contributed by atoms with Crippen LogP contribution in [0.5, 0.6) is 5.75 Å². The summed E-state index contributed by atoms with van der Waals surface area (Å²) >= 11 is 5.80. The lowest BCUT2D eigenvalue weighted by Gasteiger charge is -2.12. The van der Waals surface area contributed by atoms with E-state index in [0.29, 0.717) is 17.2 Å². The summed E-state index contributed by atoms with van der Waals surface area (Å²) in [6.45, 7) is 1.54. The van der Waals surface area contributed by atoms with Crippen LogP contribution in [-0.4, -0.2) is 19.1 Å². The molecular formula is C12H12ClNO2. The van der Waals surface area contributed by atoms with Crippen molar-refractivity contribution < 1.29 is 9.53 Å². The van der Waals surface area contributed by atoms with Crippen LogP contribution < -0.4 is 10.1 Å². The van der Waals surface area contributed by atoms with Crippen LogP contribution in [0, 0.1) is 0 Å². The molecule has 1 aromatic rings. The van der Waals surface area contributed by atoms with Gasteiger partial charge in [0.15, 0.2) is 0 Å². The predicted octanol–water partition coefficient (Wildman–Crippen LogP) is 2.17. The third-order valence-corrected chi connectivity index (χ3v) is 2.57. The summed E-state index contributed by atoms with van der Waals surface area (Å²) in [5.41, 5.74) is 0.721. The molecule has 16 heavy (non-hydrogen) atoms. The number of ether oxygens (including phenoxy) is 1. The minimum absolute atomic E-state index is 0.288. The van der Waals surface area contributed by atoms with Gasteiger partial charge in [-0.25, -0.2) is 4.79 Å². The second-order valence-electron chi connectivity index (χ2n) is 3.53. The third kappa shape index (κ3) is 2.84. The van der Waals surface area contributed by atoms with Gasteiger partial charge in [-0.15, -0.1) is 0 Å². The highest BCUT2D eigenvalue weighted by atomic mass is 35.5. The van der Waals surface area contributed by atoms with Crippen LogP contribution in [-0.2, 0) is 4.79 Å². The molecule has 1 aromatic carbocycles. The van der Waals surface area contributed by atoms with E-state index >= 15 is 0 Å². The first-order valence-electron chi connectivity index (χ1n) is 5.13.